The fourth-order valence-corrected chi connectivity index (χ4v) is 5.27. The van der Waals surface area contributed by atoms with Crippen LogP contribution in [0.15, 0.2) is 42.5 Å². The van der Waals surface area contributed by atoms with Crippen molar-refractivity contribution < 1.29 is 28.8 Å². The average Bonchev–Trinajstić information content (AvgIpc) is 3.31. The topological polar surface area (TPSA) is 136 Å². The number of nitrogens with one attached hydrogen (secondary N) is 1. The van der Waals surface area contributed by atoms with E-state index < -0.39 is 34.3 Å². The molecule has 0 aliphatic carbocycles. The molecular weight excluding hydrogens is 522 g/mol. The molecule has 0 saturated carbocycles. The lowest BCUT2D eigenvalue weighted by molar-refractivity contribution is -0.385. The first-order chi connectivity index (χ1) is 17.6. The predicted octanol–water partition coefficient (Wildman–Crippen LogP) is 5.09. The summed E-state index contributed by atoms with van der Waals surface area (Å²) in [6.45, 7) is 3.31. The number of nitro groups is 1. The van der Waals surface area contributed by atoms with Gasteiger partial charge in [0.05, 0.1) is 17.1 Å². The van der Waals surface area contributed by atoms with Crippen molar-refractivity contribution in [1.29, 1.82) is 0 Å². The first-order valence-corrected chi connectivity index (χ1v) is 12.3. The van der Waals surface area contributed by atoms with E-state index in [2.05, 4.69) is 5.32 Å². The Hall–Kier alpha value is -4.09. The molecule has 0 spiro atoms. The van der Waals surface area contributed by atoms with Gasteiger partial charge in [0.1, 0.15) is 16.1 Å². The molecule has 1 aliphatic rings. The first-order valence-electron chi connectivity index (χ1n) is 11.1. The molecule has 1 N–H and O–H groups in total. The number of esters is 1. The van der Waals surface area contributed by atoms with Gasteiger partial charge in [0.15, 0.2) is 0 Å². The molecule has 10 nitrogen and oxygen atoms in total. The first kappa shape index (κ1) is 26.0. The Morgan fingerprint density at radius 2 is 1.81 bits per heavy atom. The second kappa shape index (κ2) is 10.5. The second-order valence-corrected chi connectivity index (χ2v) is 9.64. The van der Waals surface area contributed by atoms with Crippen molar-refractivity contribution in [1.82, 2.24) is 4.90 Å². The zero-order valence-electron chi connectivity index (χ0n) is 19.7. The van der Waals surface area contributed by atoms with E-state index in [1.54, 1.807) is 38.1 Å². The van der Waals surface area contributed by atoms with Crippen LogP contribution in [0.5, 0.6) is 0 Å². The number of amides is 3. The summed E-state index contributed by atoms with van der Waals surface area (Å²) in [6, 6.07) is 10.7. The van der Waals surface area contributed by atoms with Crippen molar-refractivity contribution in [2.45, 2.75) is 20.3 Å². The van der Waals surface area contributed by atoms with E-state index in [1.165, 1.54) is 23.5 Å². The Balaban J connectivity index is 1.55. The number of carbonyl (C=O) groups excluding carboxylic acids is 4. The number of anilines is 1. The highest BCUT2D eigenvalue weighted by Crippen LogP contribution is 2.41. The molecule has 0 atom stereocenters. The number of halogens is 1. The maximum atomic E-state index is 12.8. The number of carbonyl (C=O) groups is 4. The molecule has 3 aromatic rings. The molecule has 0 bridgehead atoms. The van der Waals surface area contributed by atoms with Crippen molar-refractivity contribution >= 4 is 57.3 Å². The smallest absolute Gasteiger partial charge is 0.341 e. The minimum absolute atomic E-state index is 0.0781. The van der Waals surface area contributed by atoms with Crippen LogP contribution in [-0.4, -0.2) is 46.7 Å². The second-order valence-electron chi connectivity index (χ2n) is 7.98. The van der Waals surface area contributed by atoms with E-state index in [4.69, 9.17) is 16.3 Å². The summed E-state index contributed by atoms with van der Waals surface area (Å²) in [6.07, 6.45) is -0.283. The maximum absolute atomic E-state index is 12.8. The number of ether oxygens (including phenoxy) is 1. The maximum Gasteiger partial charge on any atom is 0.341 e. The van der Waals surface area contributed by atoms with Crippen LogP contribution in [0.25, 0.3) is 11.1 Å². The van der Waals surface area contributed by atoms with Gasteiger partial charge in [-0.3, -0.25) is 29.4 Å². The van der Waals surface area contributed by atoms with Crippen molar-refractivity contribution in [3.05, 3.63) is 79.2 Å². The molecule has 0 unspecified atom stereocenters. The number of hydrogen-bond acceptors (Lipinski definition) is 8. The van der Waals surface area contributed by atoms with Gasteiger partial charge >= 0.3 is 5.97 Å². The Morgan fingerprint density at radius 1 is 1.11 bits per heavy atom. The summed E-state index contributed by atoms with van der Waals surface area (Å²) in [5.74, 6) is -2.70. The van der Waals surface area contributed by atoms with Crippen molar-refractivity contribution in [3.8, 4) is 11.1 Å². The van der Waals surface area contributed by atoms with Gasteiger partial charge in [-0.15, -0.1) is 11.3 Å². The number of nitrogens with zero attached hydrogens (tertiary/aromatic N) is 2. The van der Waals surface area contributed by atoms with E-state index >= 15 is 0 Å². The van der Waals surface area contributed by atoms with Crippen LogP contribution in [0, 0.1) is 17.0 Å². The third-order valence-electron chi connectivity index (χ3n) is 5.69. The summed E-state index contributed by atoms with van der Waals surface area (Å²) in [7, 11) is 0. The summed E-state index contributed by atoms with van der Waals surface area (Å²) >= 11 is 7.19. The predicted molar refractivity (Wildman–Crippen MR) is 137 cm³/mol. The number of rotatable bonds is 8. The number of benzene rings is 2. The highest BCUT2D eigenvalue weighted by atomic mass is 35.5. The third-order valence-corrected chi connectivity index (χ3v) is 6.96. The van der Waals surface area contributed by atoms with Crippen LogP contribution < -0.4 is 5.32 Å². The zero-order valence-corrected chi connectivity index (χ0v) is 21.3. The summed E-state index contributed by atoms with van der Waals surface area (Å²) in [4.78, 5) is 63.2. The van der Waals surface area contributed by atoms with Gasteiger partial charge in [-0.05, 0) is 37.6 Å². The molecule has 4 rings (SSSR count). The van der Waals surface area contributed by atoms with E-state index in [9.17, 15) is 29.3 Å². The third kappa shape index (κ3) is 4.95. The number of nitro benzene ring substituents is 1. The molecular formula is C25H20ClN3O7S. The molecule has 3 amide bonds. The highest BCUT2D eigenvalue weighted by molar-refractivity contribution is 7.17. The Labute approximate surface area is 219 Å². The molecule has 190 valence electrons. The summed E-state index contributed by atoms with van der Waals surface area (Å²) in [5, 5.41) is 14.8. The number of aryl methyl sites for hydroxylation is 1. The van der Waals surface area contributed by atoms with Crippen LogP contribution in [-0.2, 0) is 9.53 Å². The lowest BCUT2D eigenvalue weighted by atomic mass is 10.0. The molecule has 1 aliphatic heterocycles. The van der Waals surface area contributed by atoms with E-state index in [0.29, 0.717) is 16.1 Å². The molecule has 2 aromatic carbocycles. The largest absolute Gasteiger partial charge is 0.462 e. The fraction of sp³-hybridized carbons (Fsp3) is 0.200. The van der Waals surface area contributed by atoms with E-state index in [0.717, 1.165) is 15.8 Å². The van der Waals surface area contributed by atoms with Gasteiger partial charge < -0.3 is 10.1 Å². The Kier molecular flexibility index (Phi) is 7.37. The number of imide groups is 1. The molecule has 37 heavy (non-hydrogen) atoms. The SMILES string of the molecule is CCOC(=O)c1c(NC(=O)CCN2C(=O)c3cccc([N+](=O)[O-])c3C2=O)sc(C)c1-c1ccc(Cl)cc1. The van der Waals surface area contributed by atoms with Crippen molar-refractivity contribution in [3.63, 3.8) is 0 Å². The Morgan fingerprint density at radius 3 is 2.46 bits per heavy atom. The number of thiophene rings is 1. The summed E-state index contributed by atoms with van der Waals surface area (Å²) in [5.41, 5.74) is 0.675. The van der Waals surface area contributed by atoms with Crippen molar-refractivity contribution in [2.24, 2.45) is 0 Å². The molecule has 1 aromatic heterocycles. The number of hydrogen-bond donors (Lipinski definition) is 1. The van der Waals surface area contributed by atoms with Gasteiger partial charge in [-0.25, -0.2) is 4.79 Å². The monoisotopic (exact) mass is 541 g/mol. The molecule has 0 radical (unpaired) electrons. The standard InChI is InChI=1S/C25H20ClN3O7S/c1-3-36-25(33)21-19(14-7-9-15(26)10-8-14)13(2)37-22(21)27-18(30)11-12-28-23(31)16-5-4-6-17(29(34)35)20(16)24(28)32/h4-10H,3,11-12H2,1-2H3,(H,27,30). The van der Waals surface area contributed by atoms with Crippen LogP contribution in [0.2, 0.25) is 5.02 Å². The fourth-order valence-electron chi connectivity index (χ4n) is 4.07. The van der Waals surface area contributed by atoms with Gasteiger partial charge in [0.25, 0.3) is 17.5 Å². The molecule has 0 saturated heterocycles. The normalized spacial score (nSPS) is 12.5. The van der Waals surface area contributed by atoms with E-state index in [1.807, 2.05) is 0 Å². The Bertz CT molecular complexity index is 1450. The molecule has 12 heteroatoms. The highest BCUT2D eigenvalue weighted by Gasteiger charge is 2.40. The van der Waals surface area contributed by atoms with Gasteiger partial charge in [0, 0.05) is 34.5 Å². The van der Waals surface area contributed by atoms with Gasteiger partial charge in [0.2, 0.25) is 5.91 Å². The molecule has 0 fully saturated rings. The zero-order chi connectivity index (χ0) is 26.9. The van der Waals surface area contributed by atoms with Gasteiger partial charge in [-0.1, -0.05) is 29.8 Å². The minimum atomic E-state index is -0.829. The minimum Gasteiger partial charge on any atom is -0.462 e. The lowest BCUT2D eigenvalue weighted by Crippen LogP contribution is -2.33. The summed E-state index contributed by atoms with van der Waals surface area (Å²) < 4.78 is 5.22. The quantitative estimate of drug-likeness (QED) is 0.181. The average molecular weight is 542 g/mol. The number of fused-ring (bicyclic) bond motifs is 1. The van der Waals surface area contributed by atoms with Gasteiger partial charge in [-0.2, -0.15) is 0 Å². The van der Waals surface area contributed by atoms with E-state index in [-0.39, 0.29) is 41.3 Å². The van der Waals surface area contributed by atoms with Crippen LogP contribution in [0.3, 0.4) is 0 Å². The van der Waals surface area contributed by atoms with Crippen LogP contribution in [0.1, 0.15) is 49.3 Å². The van der Waals surface area contributed by atoms with Crippen LogP contribution in [0.4, 0.5) is 10.7 Å². The lowest BCUT2D eigenvalue weighted by Gasteiger charge is -2.13. The van der Waals surface area contributed by atoms with Crippen molar-refractivity contribution in [2.75, 3.05) is 18.5 Å². The molecule has 2 heterocycles. The van der Waals surface area contributed by atoms with Crippen LogP contribution >= 0.6 is 22.9 Å².